The van der Waals surface area contributed by atoms with E-state index in [4.69, 9.17) is 16.3 Å². The van der Waals surface area contributed by atoms with Crippen LogP contribution in [0, 0.1) is 5.92 Å². The molecule has 130 valence electrons. The summed E-state index contributed by atoms with van der Waals surface area (Å²) in [7, 11) is 0. The monoisotopic (exact) mass is 332 g/mol. The Morgan fingerprint density at radius 2 is 1.27 bits per heavy atom. The average molecular weight is 333 g/mol. The van der Waals surface area contributed by atoms with E-state index >= 15 is 0 Å². The van der Waals surface area contributed by atoms with Gasteiger partial charge in [0.15, 0.2) is 6.61 Å². The molecule has 0 bridgehead atoms. The van der Waals surface area contributed by atoms with Crippen molar-refractivity contribution >= 4 is 22.8 Å². The van der Waals surface area contributed by atoms with Gasteiger partial charge in [-0.05, 0) is 24.4 Å². The van der Waals surface area contributed by atoms with E-state index in [2.05, 4.69) is 13.8 Å². The molecule has 0 aliphatic rings. The minimum absolute atomic E-state index is 0.0703. The van der Waals surface area contributed by atoms with Crippen molar-refractivity contribution in [1.29, 1.82) is 0 Å². The molecule has 0 aromatic rings. The number of hydrogen-bond acceptors (Lipinski definition) is 3. The summed E-state index contributed by atoms with van der Waals surface area (Å²) < 4.78 is 5.00. The van der Waals surface area contributed by atoms with Gasteiger partial charge >= 0.3 is 5.97 Å². The molecule has 0 aromatic carbocycles. The Balaban J connectivity index is 4.03. The largest absolute Gasteiger partial charge is 0.456 e. The average Bonchev–Trinajstić information content (AvgIpc) is 2.50. The highest BCUT2D eigenvalue weighted by atomic mass is 35.5. The molecule has 4 heteroatoms. The lowest BCUT2D eigenvalue weighted by Crippen LogP contribution is -2.20. The minimum Gasteiger partial charge on any atom is -0.456 e. The van der Waals surface area contributed by atoms with Gasteiger partial charge in [0, 0.05) is 0 Å². The molecule has 1 atom stereocenters. The van der Waals surface area contributed by atoms with Crippen LogP contribution in [0.3, 0.4) is 0 Å². The lowest BCUT2D eigenvalue weighted by molar-refractivity contribution is -0.151. The van der Waals surface area contributed by atoms with E-state index in [1.54, 1.807) is 0 Å². The Bertz CT molecular complexity index is 292. The highest BCUT2D eigenvalue weighted by Gasteiger charge is 2.20. The summed E-state index contributed by atoms with van der Waals surface area (Å²) in [4.78, 5) is 22.8. The molecule has 0 spiro atoms. The minimum atomic E-state index is -0.613. The van der Waals surface area contributed by atoms with Crippen LogP contribution in [0.5, 0.6) is 0 Å². The van der Waals surface area contributed by atoms with Crippen molar-refractivity contribution in [1.82, 2.24) is 0 Å². The molecule has 1 unspecified atom stereocenters. The number of unbranched alkanes of at least 4 members (excludes halogenated alkanes) is 8. The summed E-state index contributed by atoms with van der Waals surface area (Å²) in [5.74, 6) is -0.321. The molecule has 0 aliphatic carbocycles. The van der Waals surface area contributed by atoms with Crippen molar-refractivity contribution in [3.63, 3.8) is 0 Å². The van der Waals surface area contributed by atoms with Gasteiger partial charge in [0.1, 0.15) is 0 Å². The van der Waals surface area contributed by atoms with Crippen molar-refractivity contribution in [2.24, 2.45) is 5.92 Å². The molecule has 0 rings (SSSR count). The molecule has 0 aliphatic heterocycles. The molecule has 0 radical (unpaired) electrons. The number of halogens is 1. The zero-order chi connectivity index (χ0) is 16.6. The first-order chi connectivity index (χ1) is 10.6. The second kappa shape index (κ2) is 15.3. The number of carbonyl (C=O) groups is 2. The van der Waals surface area contributed by atoms with Crippen molar-refractivity contribution in [3.8, 4) is 0 Å². The molecule has 3 nitrogen and oxygen atoms in total. The fourth-order valence-corrected chi connectivity index (χ4v) is 2.67. The van der Waals surface area contributed by atoms with Gasteiger partial charge in [-0.2, -0.15) is 0 Å². The maximum absolute atomic E-state index is 12.0. The van der Waals surface area contributed by atoms with E-state index in [9.17, 15) is 9.59 Å². The van der Waals surface area contributed by atoms with Gasteiger partial charge in [-0.3, -0.25) is 9.59 Å². The highest BCUT2D eigenvalue weighted by molar-refractivity contribution is 6.64. The standard InChI is InChI=1S/C18H33ClO3/c1-3-5-7-9-10-12-14-16(13-11-8-6-4-2)18(21)22-15-17(19)20/h16H,3-15H2,1-2H3. The first kappa shape index (κ1) is 21.4. The van der Waals surface area contributed by atoms with Crippen molar-refractivity contribution in [3.05, 3.63) is 0 Å². The van der Waals surface area contributed by atoms with Crippen LogP contribution >= 0.6 is 11.6 Å². The SMILES string of the molecule is CCCCCCCCC(CCCCCC)C(=O)OCC(=O)Cl. The molecule has 0 fully saturated rings. The summed E-state index contributed by atoms with van der Waals surface area (Å²) in [5, 5.41) is -0.613. The van der Waals surface area contributed by atoms with E-state index in [-0.39, 0.29) is 18.5 Å². The molecule has 0 N–H and O–H groups in total. The molecule has 0 saturated carbocycles. The van der Waals surface area contributed by atoms with Gasteiger partial charge in [-0.25, -0.2) is 0 Å². The molecule has 0 saturated heterocycles. The van der Waals surface area contributed by atoms with Crippen LogP contribution in [-0.2, 0) is 14.3 Å². The van der Waals surface area contributed by atoms with E-state index in [1.165, 1.54) is 44.9 Å². The highest BCUT2D eigenvalue weighted by Crippen LogP contribution is 2.20. The Hall–Kier alpha value is -0.570. The number of esters is 1. The topological polar surface area (TPSA) is 43.4 Å². The van der Waals surface area contributed by atoms with Crippen LogP contribution in [0.15, 0.2) is 0 Å². The summed E-state index contributed by atoms with van der Waals surface area (Å²) in [6.07, 6.45) is 13.6. The van der Waals surface area contributed by atoms with Crippen LogP contribution in [0.25, 0.3) is 0 Å². The lowest BCUT2D eigenvalue weighted by atomic mass is 9.94. The van der Waals surface area contributed by atoms with Crippen LogP contribution < -0.4 is 0 Å². The maximum Gasteiger partial charge on any atom is 0.309 e. The molecular weight excluding hydrogens is 300 g/mol. The fourth-order valence-electron chi connectivity index (χ4n) is 2.61. The second-order valence-electron chi connectivity index (χ2n) is 6.07. The van der Waals surface area contributed by atoms with Gasteiger partial charge in [0.25, 0.3) is 5.24 Å². The van der Waals surface area contributed by atoms with Gasteiger partial charge in [-0.15, -0.1) is 0 Å². The second-order valence-corrected chi connectivity index (χ2v) is 6.49. The van der Waals surface area contributed by atoms with Crippen molar-refractivity contribution in [2.75, 3.05) is 6.61 Å². The van der Waals surface area contributed by atoms with E-state index in [0.29, 0.717) is 0 Å². The Morgan fingerprint density at radius 1 is 0.818 bits per heavy atom. The van der Waals surface area contributed by atoms with Gasteiger partial charge < -0.3 is 4.74 Å². The molecular formula is C18H33ClO3. The third-order valence-corrected chi connectivity index (χ3v) is 4.08. The number of hydrogen-bond donors (Lipinski definition) is 0. The van der Waals surface area contributed by atoms with Crippen LogP contribution in [0.4, 0.5) is 0 Å². The number of carbonyl (C=O) groups excluding carboxylic acids is 2. The molecule has 0 amide bonds. The smallest absolute Gasteiger partial charge is 0.309 e. The van der Waals surface area contributed by atoms with Gasteiger partial charge in [0.2, 0.25) is 0 Å². The molecule has 22 heavy (non-hydrogen) atoms. The van der Waals surface area contributed by atoms with Gasteiger partial charge in [-0.1, -0.05) is 78.1 Å². The number of ether oxygens (including phenoxy) is 1. The Labute approximate surface area is 141 Å². The number of rotatable bonds is 15. The predicted octanol–water partition coefficient (Wildman–Crippen LogP) is 5.63. The normalized spacial score (nSPS) is 12.1. The maximum atomic E-state index is 12.0. The zero-order valence-corrected chi connectivity index (χ0v) is 15.1. The fraction of sp³-hybridized carbons (Fsp3) is 0.889. The predicted molar refractivity (Wildman–Crippen MR) is 92.1 cm³/mol. The summed E-state index contributed by atoms with van der Waals surface area (Å²) in [5.41, 5.74) is 0. The quantitative estimate of drug-likeness (QED) is 0.222. The van der Waals surface area contributed by atoms with Gasteiger partial charge in [0.05, 0.1) is 5.92 Å². The first-order valence-electron chi connectivity index (χ1n) is 8.96. The van der Waals surface area contributed by atoms with Crippen LogP contribution in [-0.4, -0.2) is 17.8 Å². The van der Waals surface area contributed by atoms with E-state index in [0.717, 1.165) is 32.1 Å². The van der Waals surface area contributed by atoms with Crippen LogP contribution in [0.1, 0.15) is 90.9 Å². The van der Waals surface area contributed by atoms with E-state index < -0.39 is 5.24 Å². The van der Waals surface area contributed by atoms with Crippen molar-refractivity contribution in [2.45, 2.75) is 90.9 Å². The Kier molecular flexibility index (Phi) is 14.9. The lowest BCUT2D eigenvalue weighted by Gasteiger charge is -2.15. The van der Waals surface area contributed by atoms with Crippen molar-refractivity contribution < 1.29 is 14.3 Å². The first-order valence-corrected chi connectivity index (χ1v) is 9.34. The summed E-state index contributed by atoms with van der Waals surface area (Å²) in [6, 6.07) is 0. The molecule has 0 heterocycles. The third kappa shape index (κ3) is 13.1. The third-order valence-electron chi connectivity index (χ3n) is 3.97. The van der Waals surface area contributed by atoms with Crippen LogP contribution in [0.2, 0.25) is 0 Å². The Morgan fingerprint density at radius 3 is 1.77 bits per heavy atom. The molecule has 0 aromatic heterocycles. The summed E-state index contributed by atoms with van der Waals surface area (Å²) >= 11 is 5.23. The van der Waals surface area contributed by atoms with E-state index in [1.807, 2.05) is 0 Å². The zero-order valence-electron chi connectivity index (χ0n) is 14.4. The summed E-state index contributed by atoms with van der Waals surface area (Å²) in [6.45, 7) is 4.08.